The molecule has 0 saturated heterocycles. The maximum atomic E-state index is 12.0. The summed E-state index contributed by atoms with van der Waals surface area (Å²) >= 11 is 1.39. The fourth-order valence-corrected chi connectivity index (χ4v) is 2.58. The predicted molar refractivity (Wildman–Crippen MR) is 97.5 cm³/mol. The third-order valence-corrected chi connectivity index (χ3v) is 4.10. The molecule has 6 heteroatoms. The molecule has 1 aromatic carbocycles. The highest BCUT2D eigenvalue weighted by atomic mass is 32.2. The number of hydrazone groups is 1. The SMILES string of the molecule is CCCOc1ccc(/C=N\NC(=O)[C@@H](C)Sc2ccccn2)cc1. The number of rotatable bonds is 8. The molecule has 0 saturated carbocycles. The van der Waals surface area contributed by atoms with Crippen molar-refractivity contribution in [1.82, 2.24) is 10.4 Å². The summed E-state index contributed by atoms with van der Waals surface area (Å²) in [6.07, 6.45) is 4.29. The number of pyridine rings is 1. The van der Waals surface area contributed by atoms with Gasteiger partial charge in [-0.05, 0) is 55.3 Å². The average Bonchev–Trinajstić information content (AvgIpc) is 2.61. The fourth-order valence-electron chi connectivity index (χ4n) is 1.78. The summed E-state index contributed by atoms with van der Waals surface area (Å²) in [4.78, 5) is 16.2. The third-order valence-electron chi connectivity index (χ3n) is 3.05. The second-order valence-electron chi connectivity index (χ2n) is 5.08. The summed E-state index contributed by atoms with van der Waals surface area (Å²) in [7, 11) is 0. The van der Waals surface area contributed by atoms with E-state index in [9.17, 15) is 4.79 Å². The third kappa shape index (κ3) is 6.04. The molecule has 0 bridgehead atoms. The molecule has 1 amide bonds. The lowest BCUT2D eigenvalue weighted by Gasteiger charge is -2.08. The molecule has 0 spiro atoms. The van der Waals surface area contributed by atoms with E-state index < -0.39 is 0 Å². The van der Waals surface area contributed by atoms with E-state index in [1.165, 1.54) is 11.8 Å². The van der Waals surface area contributed by atoms with Gasteiger partial charge < -0.3 is 4.74 Å². The molecule has 0 aliphatic rings. The molecule has 1 atom stereocenters. The van der Waals surface area contributed by atoms with E-state index in [1.807, 2.05) is 49.4 Å². The molecular weight excluding hydrogens is 322 g/mol. The summed E-state index contributed by atoms with van der Waals surface area (Å²) in [6.45, 7) is 4.59. The van der Waals surface area contributed by atoms with Gasteiger partial charge in [-0.2, -0.15) is 5.10 Å². The van der Waals surface area contributed by atoms with Crippen LogP contribution in [0.3, 0.4) is 0 Å². The molecule has 0 aliphatic heterocycles. The first-order valence-corrected chi connectivity index (χ1v) is 8.70. The Morgan fingerprint density at radius 2 is 2.12 bits per heavy atom. The van der Waals surface area contributed by atoms with Crippen molar-refractivity contribution < 1.29 is 9.53 Å². The molecule has 0 unspecified atom stereocenters. The van der Waals surface area contributed by atoms with Crippen molar-refractivity contribution in [3.8, 4) is 5.75 Å². The zero-order chi connectivity index (χ0) is 17.2. The van der Waals surface area contributed by atoms with E-state index in [-0.39, 0.29) is 11.2 Å². The zero-order valence-electron chi connectivity index (χ0n) is 13.8. The van der Waals surface area contributed by atoms with Gasteiger partial charge in [-0.15, -0.1) is 0 Å². The van der Waals surface area contributed by atoms with Crippen LogP contribution < -0.4 is 10.2 Å². The van der Waals surface area contributed by atoms with Gasteiger partial charge in [-0.1, -0.05) is 24.8 Å². The van der Waals surface area contributed by atoms with E-state index in [1.54, 1.807) is 12.4 Å². The Bertz CT molecular complexity index is 660. The Kier molecular flexibility index (Phi) is 7.29. The van der Waals surface area contributed by atoms with Crippen LogP contribution in [0.4, 0.5) is 0 Å². The molecule has 2 aromatic rings. The van der Waals surface area contributed by atoms with Crippen LogP contribution in [-0.2, 0) is 4.79 Å². The number of aromatic nitrogens is 1. The maximum absolute atomic E-state index is 12.0. The van der Waals surface area contributed by atoms with Gasteiger partial charge in [-0.25, -0.2) is 10.4 Å². The van der Waals surface area contributed by atoms with Crippen molar-refractivity contribution in [3.05, 3.63) is 54.2 Å². The number of nitrogens with zero attached hydrogens (tertiary/aromatic N) is 2. The molecule has 24 heavy (non-hydrogen) atoms. The minimum atomic E-state index is -0.276. The lowest BCUT2D eigenvalue weighted by atomic mass is 10.2. The van der Waals surface area contributed by atoms with Gasteiger partial charge in [-0.3, -0.25) is 4.79 Å². The molecule has 0 aliphatic carbocycles. The normalized spacial score (nSPS) is 12.1. The quantitative estimate of drug-likeness (QED) is 0.453. The van der Waals surface area contributed by atoms with Crippen LogP contribution in [0, 0.1) is 0 Å². The Labute approximate surface area is 146 Å². The number of ether oxygens (including phenoxy) is 1. The number of amides is 1. The van der Waals surface area contributed by atoms with Gasteiger partial charge in [0.2, 0.25) is 0 Å². The first-order valence-electron chi connectivity index (χ1n) is 7.82. The summed E-state index contributed by atoms with van der Waals surface area (Å²) in [5, 5.41) is 4.53. The van der Waals surface area contributed by atoms with Crippen molar-refractivity contribution in [2.24, 2.45) is 5.10 Å². The van der Waals surface area contributed by atoms with E-state index in [4.69, 9.17) is 4.74 Å². The lowest BCUT2D eigenvalue weighted by Crippen LogP contribution is -2.26. The second kappa shape index (κ2) is 9.72. The predicted octanol–water partition coefficient (Wildman–Crippen LogP) is 3.50. The minimum Gasteiger partial charge on any atom is -0.494 e. The van der Waals surface area contributed by atoms with Crippen LogP contribution in [0.2, 0.25) is 0 Å². The maximum Gasteiger partial charge on any atom is 0.253 e. The van der Waals surface area contributed by atoms with Gasteiger partial charge in [0.15, 0.2) is 0 Å². The van der Waals surface area contributed by atoms with Crippen molar-refractivity contribution in [2.45, 2.75) is 30.5 Å². The number of hydrogen-bond acceptors (Lipinski definition) is 5. The first kappa shape index (κ1) is 18.0. The van der Waals surface area contributed by atoms with Crippen LogP contribution in [0.25, 0.3) is 0 Å². The monoisotopic (exact) mass is 343 g/mol. The fraction of sp³-hybridized carbons (Fsp3) is 0.278. The minimum absolute atomic E-state index is 0.162. The second-order valence-corrected chi connectivity index (χ2v) is 6.44. The van der Waals surface area contributed by atoms with Gasteiger partial charge >= 0.3 is 0 Å². The van der Waals surface area contributed by atoms with Crippen LogP contribution in [0.15, 0.2) is 58.8 Å². The number of nitrogens with one attached hydrogen (secondary N) is 1. The van der Waals surface area contributed by atoms with Crippen LogP contribution in [0.1, 0.15) is 25.8 Å². The summed E-state index contributed by atoms with van der Waals surface area (Å²) in [6, 6.07) is 13.2. The number of thioether (sulfide) groups is 1. The number of carbonyl (C=O) groups is 1. The highest BCUT2D eigenvalue weighted by molar-refractivity contribution is 8.00. The van der Waals surface area contributed by atoms with E-state index >= 15 is 0 Å². The smallest absolute Gasteiger partial charge is 0.253 e. The van der Waals surface area contributed by atoms with E-state index in [0.717, 1.165) is 22.8 Å². The Balaban J connectivity index is 1.81. The van der Waals surface area contributed by atoms with Crippen LogP contribution in [-0.4, -0.2) is 29.0 Å². The lowest BCUT2D eigenvalue weighted by molar-refractivity contribution is -0.120. The summed E-state index contributed by atoms with van der Waals surface area (Å²) in [5.74, 6) is 0.670. The van der Waals surface area contributed by atoms with Gasteiger partial charge in [0.1, 0.15) is 5.75 Å². The van der Waals surface area contributed by atoms with E-state index in [2.05, 4.69) is 22.4 Å². The molecule has 0 fully saturated rings. The number of benzene rings is 1. The summed E-state index contributed by atoms with van der Waals surface area (Å²) < 4.78 is 5.52. The zero-order valence-corrected chi connectivity index (χ0v) is 14.6. The molecule has 1 aromatic heterocycles. The average molecular weight is 343 g/mol. The molecular formula is C18H21N3O2S. The standard InChI is InChI=1S/C18H21N3O2S/c1-3-12-23-16-9-7-15(8-10-16)13-20-21-18(22)14(2)24-17-6-4-5-11-19-17/h4-11,13-14H,3,12H2,1-2H3,(H,21,22)/b20-13-/t14-/m1/s1. The molecule has 126 valence electrons. The molecule has 1 heterocycles. The topological polar surface area (TPSA) is 63.6 Å². The highest BCUT2D eigenvalue weighted by Crippen LogP contribution is 2.20. The Morgan fingerprint density at radius 1 is 1.33 bits per heavy atom. The summed E-state index contributed by atoms with van der Waals surface area (Å²) in [5.41, 5.74) is 3.44. The van der Waals surface area contributed by atoms with Crippen molar-refractivity contribution in [1.29, 1.82) is 0 Å². The van der Waals surface area contributed by atoms with Crippen molar-refractivity contribution >= 4 is 23.9 Å². The molecule has 5 nitrogen and oxygen atoms in total. The van der Waals surface area contributed by atoms with Crippen LogP contribution >= 0.6 is 11.8 Å². The molecule has 1 N–H and O–H groups in total. The van der Waals surface area contributed by atoms with Crippen molar-refractivity contribution in [2.75, 3.05) is 6.61 Å². The Morgan fingerprint density at radius 3 is 2.79 bits per heavy atom. The highest BCUT2D eigenvalue weighted by Gasteiger charge is 2.13. The number of hydrogen-bond donors (Lipinski definition) is 1. The van der Waals surface area contributed by atoms with Crippen LogP contribution in [0.5, 0.6) is 5.75 Å². The van der Waals surface area contributed by atoms with Gasteiger partial charge in [0, 0.05) is 6.20 Å². The van der Waals surface area contributed by atoms with Crippen molar-refractivity contribution in [3.63, 3.8) is 0 Å². The van der Waals surface area contributed by atoms with Gasteiger partial charge in [0.25, 0.3) is 5.91 Å². The van der Waals surface area contributed by atoms with Gasteiger partial charge in [0.05, 0.1) is 23.1 Å². The Hall–Kier alpha value is -2.34. The van der Waals surface area contributed by atoms with E-state index in [0.29, 0.717) is 6.61 Å². The number of carbonyl (C=O) groups excluding carboxylic acids is 1. The first-order chi connectivity index (χ1) is 11.7. The molecule has 2 rings (SSSR count). The largest absolute Gasteiger partial charge is 0.494 e. The molecule has 0 radical (unpaired) electrons.